The highest BCUT2D eigenvalue weighted by atomic mass is 19.3. The third-order valence-corrected chi connectivity index (χ3v) is 3.02. The van der Waals surface area contributed by atoms with E-state index in [-0.39, 0.29) is 11.7 Å². The number of carbonyl (C=O) groups excluding carboxylic acids is 1. The topological polar surface area (TPSA) is 17.1 Å². The summed E-state index contributed by atoms with van der Waals surface area (Å²) >= 11 is 0. The molecule has 2 aliphatic rings. The zero-order chi connectivity index (χ0) is 8.22. The van der Waals surface area contributed by atoms with Crippen molar-refractivity contribution in [3.63, 3.8) is 0 Å². The van der Waals surface area contributed by atoms with Crippen LogP contribution in [0.3, 0.4) is 0 Å². The average molecular weight is 160 g/mol. The van der Waals surface area contributed by atoms with Gasteiger partial charge in [-0.15, -0.1) is 0 Å². The van der Waals surface area contributed by atoms with Gasteiger partial charge in [0.1, 0.15) is 5.78 Å². The van der Waals surface area contributed by atoms with Crippen LogP contribution in [0.25, 0.3) is 0 Å². The lowest BCUT2D eigenvalue weighted by Crippen LogP contribution is -2.13. The van der Waals surface area contributed by atoms with Crippen molar-refractivity contribution >= 4 is 5.78 Å². The molecule has 0 radical (unpaired) electrons. The third-order valence-electron chi connectivity index (χ3n) is 3.02. The van der Waals surface area contributed by atoms with E-state index in [1.54, 1.807) is 0 Å². The highest BCUT2D eigenvalue weighted by Crippen LogP contribution is 2.65. The Bertz CT molecular complexity index is 198. The Hall–Kier alpha value is -0.470. The smallest absolute Gasteiger partial charge is 0.254 e. The summed E-state index contributed by atoms with van der Waals surface area (Å²) in [6.45, 7) is 1.49. The van der Waals surface area contributed by atoms with Crippen molar-refractivity contribution < 1.29 is 13.6 Å². The molecule has 2 saturated carbocycles. The van der Waals surface area contributed by atoms with E-state index in [0.717, 1.165) is 0 Å². The predicted molar refractivity (Wildman–Crippen MR) is 35.3 cm³/mol. The molecule has 0 amide bonds. The summed E-state index contributed by atoms with van der Waals surface area (Å²) in [7, 11) is 0. The second-order valence-corrected chi connectivity index (χ2v) is 3.67. The van der Waals surface area contributed by atoms with Crippen molar-refractivity contribution in [3.8, 4) is 0 Å². The SMILES string of the molecule is CC(=O)C1C[C@@H]2[C@H](C1)C2(F)F. The molecule has 2 rings (SSSR count). The van der Waals surface area contributed by atoms with E-state index in [0.29, 0.717) is 12.8 Å². The number of ketones is 1. The lowest BCUT2D eigenvalue weighted by molar-refractivity contribution is -0.121. The first kappa shape index (κ1) is 7.19. The van der Waals surface area contributed by atoms with Crippen molar-refractivity contribution in [2.24, 2.45) is 17.8 Å². The molecule has 0 aromatic carbocycles. The summed E-state index contributed by atoms with van der Waals surface area (Å²) in [6, 6.07) is 0. The van der Waals surface area contributed by atoms with Crippen LogP contribution in [0.5, 0.6) is 0 Å². The summed E-state index contributed by atoms with van der Waals surface area (Å²) in [4.78, 5) is 10.8. The van der Waals surface area contributed by atoms with Gasteiger partial charge in [0.2, 0.25) is 0 Å². The van der Waals surface area contributed by atoms with Gasteiger partial charge in [-0.25, -0.2) is 8.78 Å². The molecule has 0 aromatic rings. The number of halogens is 2. The number of alkyl halides is 2. The third kappa shape index (κ3) is 0.829. The van der Waals surface area contributed by atoms with Crippen molar-refractivity contribution in [1.29, 1.82) is 0 Å². The summed E-state index contributed by atoms with van der Waals surface area (Å²) in [5.74, 6) is -3.34. The van der Waals surface area contributed by atoms with E-state index in [9.17, 15) is 13.6 Å². The summed E-state index contributed by atoms with van der Waals surface area (Å²) in [5, 5.41) is 0. The molecule has 0 aliphatic heterocycles. The second kappa shape index (κ2) is 1.82. The lowest BCUT2D eigenvalue weighted by Gasteiger charge is -2.09. The normalized spacial score (nSPS) is 45.2. The molecule has 62 valence electrons. The van der Waals surface area contributed by atoms with Crippen LogP contribution >= 0.6 is 0 Å². The van der Waals surface area contributed by atoms with Gasteiger partial charge < -0.3 is 0 Å². The van der Waals surface area contributed by atoms with Gasteiger partial charge in [0.15, 0.2) is 0 Å². The first-order chi connectivity index (χ1) is 5.03. The van der Waals surface area contributed by atoms with Crippen molar-refractivity contribution in [2.75, 3.05) is 0 Å². The second-order valence-electron chi connectivity index (χ2n) is 3.67. The molecule has 11 heavy (non-hydrogen) atoms. The molecule has 0 aromatic heterocycles. The standard InChI is InChI=1S/C8H10F2O/c1-4(11)5-2-6-7(3-5)8(6,9)10/h5-7H,2-3H2,1H3/t5?,6-,7+. The minimum absolute atomic E-state index is 0.0652. The lowest BCUT2D eigenvalue weighted by atomic mass is 9.99. The van der Waals surface area contributed by atoms with Crippen LogP contribution in [-0.4, -0.2) is 11.7 Å². The Morgan fingerprint density at radius 3 is 2.18 bits per heavy atom. The molecule has 1 unspecified atom stereocenters. The number of carbonyl (C=O) groups is 1. The van der Waals surface area contributed by atoms with Crippen LogP contribution in [0.2, 0.25) is 0 Å². The maximum atomic E-state index is 12.6. The van der Waals surface area contributed by atoms with Gasteiger partial charge in [0, 0.05) is 17.8 Å². The van der Waals surface area contributed by atoms with Crippen LogP contribution in [0.4, 0.5) is 8.78 Å². The highest BCUT2D eigenvalue weighted by Gasteiger charge is 2.71. The fraction of sp³-hybridized carbons (Fsp3) is 0.875. The predicted octanol–water partition coefficient (Wildman–Crippen LogP) is 1.87. The van der Waals surface area contributed by atoms with Crippen molar-refractivity contribution in [3.05, 3.63) is 0 Å². The van der Waals surface area contributed by atoms with E-state index < -0.39 is 17.8 Å². The summed E-state index contributed by atoms with van der Waals surface area (Å²) < 4.78 is 25.1. The first-order valence-corrected chi connectivity index (χ1v) is 3.91. The van der Waals surface area contributed by atoms with Crippen LogP contribution in [0.15, 0.2) is 0 Å². The number of hydrogen-bond donors (Lipinski definition) is 0. The largest absolute Gasteiger partial charge is 0.300 e. The number of rotatable bonds is 1. The van der Waals surface area contributed by atoms with E-state index in [1.165, 1.54) is 6.92 Å². The molecule has 2 aliphatic carbocycles. The number of hydrogen-bond acceptors (Lipinski definition) is 1. The zero-order valence-corrected chi connectivity index (χ0v) is 6.31. The van der Waals surface area contributed by atoms with Crippen LogP contribution < -0.4 is 0 Å². The van der Waals surface area contributed by atoms with Gasteiger partial charge in [0.05, 0.1) is 0 Å². The highest BCUT2D eigenvalue weighted by molar-refractivity contribution is 5.79. The monoisotopic (exact) mass is 160 g/mol. The molecule has 3 atom stereocenters. The molecule has 0 bridgehead atoms. The Morgan fingerprint density at radius 1 is 1.36 bits per heavy atom. The molecule has 0 heterocycles. The maximum Gasteiger partial charge on any atom is 0.254 e. The Balaban J connectivity index is 2.00. The maximum absolute atomic E-state index is 12.6. The van der Waals surface area contributed by atoms with E-state index in [2.05, 4.69) is 0 Å². The minimum atomic E-state index is -2.42. The number of Topliss-reactive ketones (excluding diaryl/α,β-unsaturated/α-hetero) is 1. The Labute approximate surface area is 63.8 Å². The summed E-state index contributed by atoms with van der Waals surface area (Å²) in [5.41, 5.74) is 0. The van der Waals surface area contributed by atoms with E-state index in [4.69, 9.17) is 0 Å². The fourth-order valence-electron chi connectivity index (χ4n) is 2.14. The van der Waals surface area contributed by atoms with Gasteiger partial charge in [-0.05, 0) is 19.8 Å². The van der Waals surface area contributed by atoms with Gasteiger partial charge >= 0.3 is 0 Å². The average Bonchev–Trinajstić information content (AvgIpc) is 2.28. The molecule has 2 fully saturated rings. The number of fused-ring (bicyclic) bond motifs is 1. The van der Waals surface area contributed by atoms with Gasteiger partial charge in [-0.2, -0.15) is 0 Å². The van der Waals surface area contributed by atoms with Gasteiger partial charge in [0.25, 0.3) is 5.92 Å². The van der Waals surface area contributed by atoms with E-state index in [1.807, 2.05) is 0 Å². The molecule has 0 N–H and O–H groups in total. The molecule has 0 spiro atoms. The van der Waals surface area contributed by atoms with Crippen LogP contribution in [-0.2, 0) is 4.79 Å². The zero-order valence-electron chi connectivity index (χ0n) is 6.31. The Kier molecular flexibility index (Phi) is 1.19. The molecule has 1 nitrogen and oxygen atoms in total. The summed E-state index contributed by atoms with van der Waals surface area (Å²) in [6.07, 6.45) is 0.847. The molecule has 0 saturated heterocycles. The minimum Gasteiger partial charge on any atom is -0.300 e. The van der Waals surface area contributed by atoms with E-state index >= 15 is 0 Å². The molecule has 3 heteroatoms. The first-order valence-electron chi connectivity index (χ1n) is 3.91. The molecular weight excluding hydrogens is 150 g/mol. The van der Waals surface area contributed by atoms with Crippen molar-refractivity contribution in [2.45, 2.75) is 25.7 Å². The fourth-order valence-corrected chi connectivity index (χ4v) is 2.14. The Morgan fingerprint density at radius 2 is 1.82 bits per heavy atom. The molecular formula is C8H10F2O. The van der Waals surface area contributed by atoms with Gasteiger partial charge in [-0.1, -0.05) is 0 Å². The quantitative estimate of drug-likeness (QED) is 0.572. The van der Waals surface area contributed by atoms with Crippen molar-refractivity contribution in [1.82, 2.24) is 0 Å². The van der Waals surface area contributed by atoms with Crippen LogP contribution in [0, 0.1) is 17.8 Å². The van der Waals surface area contributed by atoms with Gasteiger partial charge in [-0.3, -0.25) is 4.79 Å². The van der Waals surface area contributed by atoms with Crippen LogP contribution in [0.1, 0.15) is 19.8 Å².